The Kier molecular flexibility index (Phi) is 12.5. The maximum absolute atomic E-state index is 8.91. The third-order valence-corrected chi connectivity index (χ3v) is 1.57. The Balaban J connectivity index is 0. The third-order valence-electron chi connectivity index (χ3n) is 1.57. The van der Waals surface area contributed by atoms with E-state index in [1.54, 1.807) is 0 Å². The molecule has 0 atom stereocenters. The van der Waals surface area contributed by atoms with Gasteiger partial charge >= 0.3 is 0 Å². The van der Waals surface area contributed by atoms with Crippen molar-refractivity contribution in [1.29, 1.82) is 0 Å². The molecule has 1 radical (unpaired) electrons. The van der Waals surface area contributed by atoms with Crippen LogP contribution in [0.15, 0.2) is 0 Å². The van der Waals surface area contributed by atoms with Crippen LogP contribution in [0.1, 0.15) is 32.1 Å². The molecule has 1 saturated carbocycles. The van der Waals surface area contributed by atoms with Crippen molar-refractivity contribution in [3.05, 3.63) is 0 Å². The van der Waals surface area contributed by atoms with E-state index in [1.807, 2.05) is 0 Å². The van der Waals surface area contributed by atoms with E-state index in [-0.39, 0.29) is 24.7 Å². The van der Waals surface area contributed by atoms with Crippen molar-refractivity contribution in [2.45, 2.75) is 38.2 Å². The second-order valence-corrected chi connectivity index (χ2v) is 2.29. The van der Waals surface area contributed by atoms with Crippen molar-refractivity contribution >= 4 is 0 Å². The third kappa shape index (κ3) is 6.62. The summed E-state index contributed by atoms with van der Waals surface area (Å²) < 4.78 is 0. The van der Waals surface area contributed by atoms with Crippen molar-refractivity contribution in [3.63, 3.8) is 0 Å². The van der Waals surface area contributed by atoms with Crippen molar-refractivity contribution in [3.8, 4) is 0 Å². The van der Waals surface area contributed by atoms with Gasteiger partial charge in [-0.25, -0.2) is 0 Å². The first-order valence-electron chi connectivity index (χ1n) is 3.52. The first kappa shape index (κ1) is 13.1. The zero-order valence-electron chi connectivity index (χ0n) is 6.45. The normalized spacial score (nSPS) is 18.3. The molecule has 0 spiro atoms. The van der Waals surface area contributed by atoms with E-state index in [2.05, 4.69) is 0 Å². The van der Waals surface area contributed by atoms with E-state index >= 15 is 0 Å². The van der Waals surface area contributed by atoms with Gasteiger partial charge in [0.25, 0.3) is 0 Å². The Hall–Kier alpha value is 0.504. The first-order chi connectivity index (χ1) is 4.39. The van der Waals surface area contributed by atoms with Gasteiger partial charge in [-0.15, -0.1) is 0 Å². The van der Waals surface area contributed by atoms with Crippen molar-refractivity contribution in [2.75, 3.05) is 7.11 Å². The molecule has 2 N–H and O–H groups in total. The first-order valence-corrected chi connectivity index (χ1v) is 3.52. The molecule has 1 aliphatic rings. The molecule has 0 aromatic heterocycles. The average Bonchev–Trinajstić information content (AvgIpc) is 1.94. The van der Waals surface area contributed by atoms with Crippen molar-refractivity contribution < 1.29 is 28.8 Å². The van der Waals surface area contributed by atoms with Crippen LogP contribution in [-0.4, -0.2) is 23.4 Å². The molecular weight excluding hydrogens is 167 g/mol. The summed E-state index contributed by atoms with van der Waals surface area (Å²) in [6.07, 6.45) is 5.92. The predicted molar refractivity (Wildman–Crippen MR) is 37.2 cm³/mol. The Morgan fingerprint density at radius 3 is 1.60 bits per heavy atom. The molecule has 10 heavy (non-hydrogen) atoms. The van der Waals surface area contributed by atoms with E-state index in [1.165, 1.54) is 19.3 Å². The minimum absolute atomic E-state index is 0. The largest absolute Gasteiger partial charge is 0.400 e. The standard InChI is InChI=1S/C6H12O.CH4O.V/c7-6-4-2-1-3-5-6;1-2;/h6-7H,1-5H2;2H,1H3;. The van der Waals surface area contributed by atoms with Crippen LogP contribution in [-0.2, 0) is 18.6 Å². The number of hydrogen-bond donors (Lipinski definition) is 2. The van der Waals surface area contributed by atoms with Gasteiger partial charge in [-0.1, -0.05) is 19.3 Å². The van der Waals surface area contributed by atoms with Gasteiger partial charge in [0.2, 0.25) is 0 Å². The molecule has 0 aromatic rings. The molecule has 0 unspecified atom stereocenters. The second-order valence-electron chi connectivity index (χ2n) is 2.29. The van der Waals surface area contributed by atoms with Crippen LogP contribution in [0, 0.1) is 0 Å². The number of aliphatic hydroxyl groups is 2. The monoisotopic (exact) mass is 183 g/mol. The molecule has 0 aliphatic heterocycles. The molecule has 61 valence electrons. The average molecular weight is 183 g/mol. The Labute approximate surface area is 74.5 Å². The molecule has 1 aliphatic carbocycles. The van der Waals surface area contributed by atoms with Gasteiger partial charge in [-0.2, -0.15) is 0 Å². The van der Waals surface area contributed by atoms with Crippen LogP contribution in [0.5, 0.6) is 0 Å². The summed E-state index contributed by atoms with van der Waals surface area (Å²) in [7, 11) is 1.00. The van der Waals surface area contributed by atoms with Gasteiger partial charge in [-0.05, 0) is 12.8 Å². The van der Waals surface area contributed by atoms with Crippen LogP contribution in [0.4, 0.5) is 0 Å². The second kappa shape index (κ2) is 9.50. The SMILES string of the molecule is CO.OC1CCCCC1.[V]. The van der Waals surface area contributed by atoms with Crippen LogP contribution < -0.4 is 0 Å². The van der Waals surface area contributed by atoms with Gasteiger partial charge in [0.05, 0.1) is 6.10 Å². The molecular formula is C7H16O2V. The van der Waals surface area contributed by atoms with E-state index in [4.69, 9.17) is 10.2 Å². The van der Waals surface area contributed by atoms with Crippen LogP contribution in [0.2, 0.25) is 0 Å². The Morgan fingerprint density at radius 1 is 1.00 bits per heavy atom. The topological polar surface area (TPSA) is 40.5 Å². The van der Waals surface area contributed by atoms with Crippen LogP contribution in [0.3, 0.4) is 0 Å². The summed E-state index contributed by atoms with van der Waals surface area (Å²) in [5.41, 5.74) is 0. The van der Waals surface area contributed by atoms with Gasteiger partial charge in [0.15, 0.2) is 0 Å². The number of aliphatic hydroxyl groups excluding tert-OH is 2. The maximum atomic E-state index is 8.91. The zero-order valence-corrected chi connectivity index (χ0v) is 7.85. The summed E-state index contributed by atoms with van der Waals surface area (Å²) in [5, 5.41) is 15.9. The molecule has 3 heteroatoms. The zero-order chi connectivity index (χ0) is 7.11. The van der Waals surface area contributed by atoms with E-state index < -0.39 is 0 Å². The van der Waals surface area contributed by atoms with Crippen LogP contribution in [0.25, 0.3) is 0 Å². The molecule has 0 heterocycles. The summed E-state index contributed by atoms with van der Waals surface area (Å²) in [6, 6.07) is 0. The predicted octanol–water partition coefficient (Wildman–Crippen LogP) is 0.917. The minimum atomic E-state index is 0. The summed E-state index contributed by atoms with van der Waals surface area (Å²) >= 11 is 0. The van der Waals surface area contributed by atoms with Gasteiger partial charge in [0, 0.05) is 25.7 Å². The van der Waals surface area contributed by atoms with E-state index in [0.29, 0.717) is 0 Å². The Morgan fingerprint density at radius 2 is 1.40 bits per heavy atom. The molecule has 0 saturated heterocycles. The van der Waals surface area contributed by atoms with E-state index in [9.17, 15) is 0 Å². The summed E-state index contributed by atoms with van der Waals surface area (Å²) in [5.74, 6) is 0. The van der Waals surface area contributed by atoms with Crippen molar-refractivity contribution in [1.82, 2.24) is 0 Å². The van der Waals surface area contributed by atoms with Crippen molar-refractivity contribution in [2.24, 2.45) is 0 Å². The molecule has 0 amide bonds. The molecule has 1 fully saturated rings. The summed E-state index contributed by atoms with van der Waals surface area (Å²) in [6.45, 7) is 0. The van der Waals surface area contributed by atoms with Crippen LogP contribution >= 0.6 is 0 Å². The Bertz CT molecular complexity index is 53.6. The number of hydrogen-bond acceptors (Lipinski definition) is 2. The van der Waals surface area contributed by atoms with Gasteiger partial charge in [-0.3, -0.25) is 0 Å². The maximum Gasteiger partial charge on any atom is 0.0540 e. The quantitative estimate of drug-likeness (QED) is 0.586. The smallest absolute Gasteiger partial charge is 0.0540 e. The molecule has 0 bridgehead atoms. The molecule has 2 nitrogen and oxygen atoms in total. The fourth-order valence-corrected chi connectivity index (χ4v) is 1.08. The van der Waals surface area contributed by atoms with E-state index in [0.717, 1.165) is 20.0 Å². The number of rotatable bonds is 0. The molecule has 1 rings (SSSR count). The fourth-order valence-electron chi connectivity index (χ4n) is 1.08. The summed E-state index contributed by atoms with van der Waals surface area (Å²) in [4.78, 5) is 0. The minimum Gasteiger partial charge on any atom is -0.400 e. The fraction of sp³-hybridized carbons (Fsp3) is 1.00. The molecule has 0 aromatic carbocycles. The van der Waals surface area contributed by atoms with Gasteiger partial charge in [0.1, 0.15) is 0 Å². The van der Waals surface area contributed by atoms with Gasteiger partial charge < -0.3 is 10.2 Å².